The maximum atomic E-state index is 13.6. The van der Waals surface area contributed by atoms with Gasteiger partial charge in [-0.25, -0.2) is 23.8 Å². The molecule has 0 saturated heterocycles. The van der Waals surface area contributed by atoms with Crippen LogP contribution in [0.4, 0.5) is 24.8 Å². The molecule has 5 rings (SSSR count). The first-order chi connectivity index (χ1) is 20.1. The first-order valence-corrected chi connectivity index (χ1v) is 13.0. The number of fused-ring (bicyclic) bond motifs is 1. The molecule has 0 unspecified atom stereocenters. The van der Waals surface area contributed by atoms with E-state index in [1.165, 1.54) is 28.7 Å². The van der Waals surface area contributed by atoms with Crippen molar-refractivity contribution >= 4 is 17.6 Å². The number of H-pyrrole nitrogens is 1. The highest BCUT2D eigenvalue weighted by molar-refractivity contribution is 5.93. The van der Waals surface area contributed by atoms with Crippen molar-refractivity contribution in [3.8, 4) is 6.07 Å². The van der Waals surface area contributed by atoms with Crippen molar-refractivity contribution < 1.29 is 27.3 Å². The van der Waals surface area contributed by atoms with Gasteiger partial charge in [0, 0.05) is 29.9 Å². The molecule has 9 nitrogen and oxygen atoms in total. The maximum absolute atomic E-state index is 13.6. The van der Waals surface area contributed by atoms with Crippen LogP contribution in [0.1, 0.15) is 41.6 Å². The lowest BCUT2D eigenvalue weighted by atomic mass is 9.88. The Morgan fingerprint density at radius 1 is 1.14 bits per heavy atom. The van der Waals surface area contributed by atoms with E-state index in [4.69, 9.17) is 4.74 Å². The summed E-state index contributed by atoms with van der Waals surface area (Å²) in [6, 6.07) is 16.4. The standard InChI is InChI=1S/C30H25F3N6O3/c1-19-25(27(40)42-2)26(24-12-11-20(18-34)16-21(24)8-7-15-37-13-4-3-5-14-37)39-28(35-36-29(39)41)38(19)23-10-6-9-22(17-23)30(31,32)33/h3-6,9-14,16-17,26H,7-8,15H2,1-2H3/p+1/t26-/m1/s1. The summed E-state index contributed by atoms with van der Waals surface area (Å²) < 4.78 is 49.1. The Morgan fingerprint density at radius 2 is 1.90 bits per heavy atom. The molecule has 0 radical (unpaired) electrons. The summed E-state index contributed by atoms with van der Waals surface area (Å²) in [7, 11) is 1.19. The molecule has 1 atom stereocenters. The fourth-order valence-corrected chi connectivity index (χ4v) is 5.27. The number of aromatic nitrogens is 4. The highest BCUT2D eigenvalue weighted by atomic mass is 19.4. The van der Waals surface area contributed by atoms with E-state index in [-0.39, 0.29) is 22.9 Å². The van der Waals surface area contributed by atoms with Crippen LogP contribution in [-0.4, -0.2) is 27.8 Å². The predicted molar refractivity (Wildman–Crippen MR) is 145 cm³/mol. The third-order valence-corrected chi connectivity index (χ3v) is 7.19. The number of allylic oxidation sites excluding steroid dienone is 1. The van der Waals surface area contributed by atoms with Crippen molar-refractivity contribution in [3.05, 3.63) is 117 Å². The second kappa shape index (κ2) is 11.4. The first kappa shape index (κ1) is 28.4. The lowest BCUT2D eigenvalue weighted by Gasteiger charge is -2.36. The van der Waals surface area contributed by atoms with Crippen molar-refractivity contribution in [2.24, 2.45) is 0 Å². The smallest absolute Gasteiger partial charge is 0.416 e. The summed E-state index contributed by atoms with van der Waals surface area (Å²) in [5.74, 6) is -0.756. The van der Waals surface area contributed by atoms with Crippen LogP contribution in [0, 0.1) is 11.3 Å². The number of carbonyl (C=O) groups is 1. The number of aromatic amines is 1. The number of alkyl halides is 3. The lowest BCUT2D eigenvalue weighted by Crippen LogP contribution is -2.38. The quantitative estimate of drug-likeness (QED) is 0.256. The Bertz CT molecular complexity index is 1770. The van der Waals surface area contributed by atoms with Gasteiger partial charge in [-0.15, -0.1) is 5.10 Å². The SMILES string of the molecule is COC(=O)C1=C(C)N(c2cccc(C(F)(F)F)c2)c2n[nH]c(=O)n2[C@@H]1c1ccc(C#N)cc1CCC[n+]1ccccc1. The highest BCUT2D eigenvalue weighted by Gasteiger charge is 2.41. The second-order valence-corrected chi connectivity index (χ2v) is 9.72. The number of hydrogen-bond donors (Lipinski definition) is 1. The summed E-state index contributed by atoms with van der Waals surface area (Å²) in [6.45, 7) is 2.25. The number of pyridine rings is 1. The Kier molecular flexibility index (Phi) is 7.67. The van der Waals surface area contributed by atoms with E-state index in [0.29, 0.717) is 30.5 Å². The normalized spacial score (nSPS) is 14.9. The van der Waals surface area contributed by atoms with Crippen LogP contribution in [-0.2, 0) is 28.7 Å². The fourth-order valence-electron chi connectivity index (χ4n) is 5.27. The van der Waals surface area contributed by atoms with Gasteiger partial charge in [-0.1, -0.05) is 18.2 Å². The minimum atomic E-state index is -4.61. The van der Waals surface area contributed by atoms with Gasteiger partial charge in [0.2, 0.25) is 5.95 Å². The lowest BCUT2D eigenvalue weighted by molar-refractivity contribution is -0.697. The van der Waals surface area contributed by atoms with E-state index in [9.17, 15) is 28.0 Å². The van der Waals surface area contributed by atoms with Gasteiger partial charge in [0.05, 0.1) is 29.9 Å². The van der Waals surface area contributed by atoms with Gasteiger partial charge in [0.25, 0.3) is 0 Å². The van der Waals surface area contributed by atoms with Gasteiger partial charge in [-0.3, -0.25) is 4.90 Å². The van der Waals surface area contributed by atoms with Crippen molar-refractivity contribution in [1.82, 2.24) is 14.8 Å². The predicted octanol–water partition coefficient (Wildman–Crippen LogP) is 4.57. The number of benzene rings is 2. The number of aryl methyl sites for hydroxylation is 2. The molecule has 2 aromatic carbocycles. The molecule has 12 heteroatoms. The number of nitrogens with one attached hydrogen (secondary N) is 1. The summed E-state index contributed by atoms with van der Waals surface area (Å²) in [4.78, 5) is 27.9. The average Bonchev–Trinajstić information content (AvgIpc) is 3.36. The van der Waals surface area contributed by atoms with E-state index >= 15 is 0 Å². The molecule has 0 spiro atoms. The zero-order chi connectivity index (χ0) is 30.0. The van der Waals surface area contributed by atoms with E-state index in [1.54, 1.807) is 25.1 Å². The van der Waals surface area contributed by atoms with Gasteiger partial charge in [0.1, 0.15) is 12.6 Å². The van der Waals surface area contributed by atoms with Crippen molar-refractivity contribution in [1.29, 1.82) is 5.26 Å². The van der Waals surface area contributed by atoms with Gasteiger partial charge in [0.15, 0.2) is 12.4 Å². The molecule has 4 aromatic rings. The average molecular weight is 576 g/mol. The molecule has 0 amide bonds. The maximum Gasteiger partial charge on any atom is 0.416 e. The first-order valence-electron chi connectivity index (χ1n) is 13.0. The van der Waals surface area contributed by atoms with Gasteiger partial charge in [-0.2, -0.15) is 18.4 Å². The summed E-state index contributed by atoms with van der Waals surface area (Å²) in [5, 5.41) is 16.1. The van der Waals surface area contributed by atoms with E-state index in [2.05, 4.69) is 16.3 Å². The Labute approximate surface area is 238 Å². The Balaban J connectivity index is 1.67. The molecule has 0 fully saturated rings. The third kappa shape index (κ3) is 5.28. The Morgan fingerprint density at radius 3 is 2.60 bits per heavy atom. The van der Waals surface area contributed by atoms with Crippen LogP contribution < -0.4 is 15.2 Å². The molecule has 2 aromatic heterocycles. The number of nitriles is 1. The number of carbonyl (C=O) groups excluding carboxylic acids is 1. The molecular formula is C30H26F3N6O3+. The number of methoxy groups -OCH3 is 1. The summed E-state index contributed by atoms with van der Waals surface area (Å²) in [5.41, 5.74) is 0.490. The minimum absolute atomic E-state index is 0.00429. The van der Waals surface area contributed by atoms with Crippen molar-refractivity contribution in [2.45, 2.75) is 38.5 Å². The minimum Gasteiger partial charge on any atom is -0.466 e. The van der Waals surface area contributed by atoms with E-state index in [0.717, 1.165) is 17.7 Å². The molecule has 0 saturated carbocycles. The van der Waals surface area contributed by atoms with Gasteiger partial charge < -0.3 is 4.74 Å². The largest absolute Gasteiger partial charge is 0.466 e. The number of anilines is 2. The molecule has 1 aliphatic heterocycles. The molecule has 0 aliphatic carbocycles. The summed E-state index contributed by atoms with van der Waals surface area (Å²) >= 11 is 0. The fraction of sp³-hybridized carbons (Fsp3) is 0.233. The second-order valence-electron chi connectivity index (χ2n) is 9.72. The molecule has 214 valence electrons. The van der Waals surface area contributed by atoms with Crippen LogP contribution in [0.15, 0.2) is 89.1 Å². The van der Waals surface area contributed by atoms with Crippen LogP contribution in [0.5, 0.6) is 0 Å². The van der Waals surface area contributed by atoms with Gasteiger partial charge in [-0.05, 0) is 54.8 Å². The zero-order valence-electron chi connectivity index (χ0n) is 22.7. The zero-order valence-corrected chi connectivity index (χ0v) is 22.7. The number of esters is 1. The number of nitrogens with zero attached hydrogens (tertiary/aromatic N) is 5. The van der Waals surface area contributed by atoms with Crippen LogP contribution in [0.25, 0.3) is 0 Å². The molecular weight excluding hydrogens is 549 g/mol. The third-order valence-electron chi connectivity index (χ3n) is 7.19. The number of ether oxygens (including phenoxy) is 1. The summed E-state index contributed by atoms with van der Waals surface area (Å²) in [6.07, 6.45) is 0.459. The van der Waals surface area contributed by atoms with E-state index in [1.807, 2.05) is 35.2 Å². The van der Waals surface area contributed by atoms with Crippen LogP contribution >= 0.6 is 0 Å². The van der Waals surface area contributed by atoms with Crippen LogP contribution in [0.3, 0.4) is 0 Å². The van der Waals surface area contributed by atoms with E-state index < -0.39 is 29.4 Å². The van der Waals surface area contributed by atoms with Crippen molar-refractivity contribution in [2.75, 3.05) is 12.0 Å². The molecule has 1 N–H and O–H groups in total. The molecule has 1 aliphatic rings. The number of rotatable bonds is 7. The molecule has 42 heavy (non-hydrogen) atoms. The van der Waals surface area contributed by atoms with Crippen LogP contribution in [0.2, 0.25) is 0 Å². The topological polar surface area (TPSA) is 108 Å². The molecule has 3 heterocycles. The monoisotopic (exact) mass is 575 g/mol. The molecule has 0 bridgehead atoms. The Hall–Kier alpha value is -5.18. The number of halogens is 3. The highest BCUT2D eigenvalue weighted by Crippen LogP contribution is 2.43. The van der Waals surface area contributed by atoms with Crippen molar-refractivity contribution in [3.63, 3.8) is 0 Å². The van der Waals surface area contributed by atoms with Gasteiger partial charge >= 0.3 is 17.8 Å². The number of hydrogen-bond acceptors (Lipinski definition) is 6.